The molecule has 4 nitrogen and oxygen atoms in total. The molecule has 1 saturated heterocycles. The highest BCUT2D eigenvalue weighted by atomic mass is 32.1. The number of carbonyl (C=O) groups excluding carboxylic acids is 2. The van der Waals surface area contributed by atoms with Gasteiger partial charge in [-0.3, -0.25) is 9.59 Å². The summed E-state index contributed by atoms with van der Waals surface area (Å²) < 4.78 is 13.7. The van der Waals surface area contributed by atoms with Crippen LogP contribution in [0.25, 0.3) is 0 Å². The SMILES string of the molecule is Cc1ccc(C(=O)N2CC3CC2CC3NC(=O)c2cccs2)cc1F. The van der Waals surface area contributed by atoms with Crippen molar-refractivity contribution in [1.29, 1.82) is 0 Å². The molecule has 25 heavy (non-hydrogen) atoms. The molecule has 1 aliphatic heterocycles. The minimum absolute atomic E-state index is 0.0361. The molecule has 6 heteroatoms. The molecule has 1 aliphatic carbocycles. The van der Waals surface area contributed by atoms with Crippen molar-refractivity contribution in [3.05, 3.63) is 57.5 Å². The normalized spacial score (nSPS) is 24.6. The molecule has 0 radical (unpaired) electrons. The van der Waals surface area contributed by atoms with Crippen molar-refractivity contribution in [2.24, 2.45) is 5.92 Å². The average molecular weight is 358 g/mol. The lowest BCUT2D eigenvalue weighted by atomic mass is 10.0. The summed E-state index contributed by atoms with van der Waals surface area (Å²) in [4.78, 5) is 27.5. The maximum atomic E-state index is 13.7. The third kappa shape index (κ3) is 2.95. The third-order valence-electron chi connectivity index (χ3n) is 5.28. The maximum Gasteiger partial charge on any atom is 0.261 e. The lowest BCUT2D eigenvalue weighted by Crippen LogP contribution is -2.47. The molecule has 2 heterocycles. The highest BCUT2D eigenvalue weighted by Crippen LogP contribution is 2.38. The van der Waals surface area contributed by atoms with Gasteiger partial charge in [0.2, 0.25) is 0 Å². The first kappa shape index (κ1) is 16.3. The van der Waals surface area contributed by atoms with Crippen LogP contribution in [0, 0.1) is 18.7 Å². The third-order valence-corrected chi connectivity index (χ3v) is 6.15. The number of aryl methyl sites for hydroxylation is 1. The number of rotatable bonds is 3. The van der Waals surface area contributed by atoms with E-state index in [1.54, 1.807) is 19.1 Å². The van der Waals surface area contributed by atoms with E-state index in [-0.39, 0.29) is 35.6 Å². The topological polar surface area (TPSA) is 49.4 Å². The van der Waals surface area contributed by atoms with Gasteiger partial charge in [0.25, 0.3) is 11.8 Å². The zero-order valence-electron chi connectivity index (χ0n) is 13.9. The highest BCUT2D eigenvalue weighted by molar-refractivity contribution is 7.12. The van der Waals surface area contributed by atoms with Crippen molar-refractivity contribution >= 4 is 23.2 Å². The van der Waals surface area contributed by atoms with Gasteiger partial charge in [0.05, 0.1) is 4.88 Å². The molecule has 4 rings (SSSR count). The van der Waals surface area contributed by atoms with Gasteiger partial charge >= 0.3 is 0 Å². The number of thiophene rings is 1. The second-order valence-electron chi connectivity index (χ2n) is 6.86. The van der Waals surface area contributed by atoms with Crippen LogP contribution in [-0.2, 0) is 0 Å². The number of benzene rings is 1. The fraction of sp³-hybridized carbons (Fsp3) is 0.368. The minimum Gasteiger partial charge on any atom is -0.348 e. The molecular weight excluding hydrogens is 339 g/mol. The van der Waals surface area contributed by atoms with Crippen LogP contribution in [0.3, 0.4) is 0 Å². The van der Waals surface area contributed by atoms with Crippen molar-refractivity contribution in [3.63, 3.8) is 0 Å². The van der Waals surface area contributed by atoms with Crippen molar-refractivity contribution in [2.45, 2.75) is 31.8 Å². The summed E-state index contributed by atoms with van der Waals surface area (Å²) in [5, 5.41) is 4.99. The smallest absolute Gasteiger partial charge is 0.261 e. The number of hydrogen-bond acceptors (Lipinski definition) is 3. The Morgan fingerprint density at radius 1 is 1.28 bits per heavy atom. The van der Waals surface area contributed by atoms with E-state index >= 15 is 0 Å². The van der Waals surface area contributed by atoms with Gasteiger partial charge in [-0.2, -0.15) is 0 Å². The summed E-state index contributed by atoms with van der Waals surface area (Å²) >= 11 is 1.43. The van der Waals surface area contributed by atoms with E-state index in [4.69, 9.17) is 0 Å². The van der Waals surface area contributed by atoms with Crippen molar-refractivity contribution in [2.75, 3.05) is 6.54 Å². The van der Waals surface area contributed by atoms with Crippen LogP contribution in [-0.4, -0.2) is 35.3 Å². The summed E-state index contributed by atoms with van der Waals surface area (Å²) in [7, 11) is 0. The quantitative estimate of drug-likeness (QED) is 0.916. The first-order valence-corrected chi connectivity index (χ1v) is 9.32. The number of amides is 2. The molecule has 2 amide bonds. The highest BCUT2D eigenvalue weighted by Gasteiger charge is 2.47. The summed E-state index contributed by atoms with van der Waals surface area (Å²) in [6, 6.07) is 8.55. The predicted octanol–water partition coefficient (Wildman–Crippen LogP) is 3.23. The Morgan fingerprint density at radius 2 is 2.12 bits per heavy atom. The summed E-state index contributed by atoms with van der Waals surface area (Å²) in [5.41, 5.74) is 0.936. The lowest BCUT2D eigenvalue weighted by molar-refractivity contribution is 0.0679. The average Bonchev–Trinajstić information content (AvgIpc) is 3.33. The molecule has 2 aliphatic rings. The van der Waals surface area contributed by atoms with Gasteiger partial charge in [-0.05, 0) is 54.8 Å². The van der Waals surface area contributed by atoms with E-state index in [1.165, 1.54) is 17.4 Å². The molecule has 1 N–H and O–H groups in total. The zero-order valence-corrected chi connectivity index (χ0v) is 14.7. The number of likely N-dealkylation sites (tertiary alicyclic amines) is 1. The number of hydrogen-bond donors (Lipinski definition) is 1. The van der Waals surface area contributed by atoms with Gasteiger partial charge in [-0.15, -0.1) is 11.3 Å². The van der Waals surface area contributed by atoms with Crippen LogP contribution >= 0.6 is 11.3 Å². The molecule has 2 bridgehead atoms. The second kappa shape index (κ2) is 6.26. The monoisotopic (exact) mass is 358 g/mol. The molecule has 3 unspecified atom stereocenters. The minimum atomic E-state index is -0.351. The number of nitrogens with one attached hydrogen (secondary N) is 1. The molecule has 1 saturated carbocycles. The second-order valence-corrected chi connectivity index (χ2v) is 7.81. The Labute approximate surface area is 149 Å². The molecular formula is C19H19FN2O2S. The molecule has 130 valence electrons. The van der Waals surface area contributed by atoms with Crippen LogP contribution < -0.4 is 5.32 Å². The molecule has 0 spiro atoms. The van der Waals surface area contributed by atoms with E-state index in [2.05, 4.69) is 5.32 Å². The number of piperidine rings is 1. The summed E-state index contributed by atoms with van der Waals surface area (Å²) in [5.74, 6) is -0.232. The molecule has 1 aromatic carbocycles. The first-order chi connectivity index (χ1) is 12.0. The van der Waals surface area contributed by atoms with Gasteiger partial charge in [0.15, 0.2) is 0 Å². The standard InChI is InChI=1S/C19H19FN2O2S/c1-11-4-5-12(8-15(11)20)19(24)22-10-13-7-14(22)9-16(13)21-18(23)17-3-2-6-25-17/h2-6,8,13-14,16H,7,9-10H2,1H3,(H,21,23). The van der Waals surface area contributed by atoms with E-state index in [9.17, 15) is 14.0 Å². The Kier molecular flexibility index (Phi) is 4.07. The Bertz CT molecular complexity index is 821. The maximum absolute atomic E-state index is 13.7. The molecule has 1 aromatic heterocycles. The number of fused-ring (bicyclic) bond motifs is 2. The Hall–Kier alpha value is -2.21. The van der Waals surface area contributed by atoms with Crippen LogP contribution in [0.5, 0.6) is 0 Å². The van der Waals surface area contributed by atoms with Gasteiger partial charge in [-0.25, -0.2) is 4.39 Å². The molecule has 2 fully saturated rings. The first-order valence-electron chi connectivity index (χ1n) is 8.44. The summed E-state index contributed by atoms with van der Waals surface area (Å²) in [6.07, 6.45) is 1.66. The van der Waals surface area contributed by atoms with Crippen LogP contribution in [0.2, 0.25) is 0 Å². The number of nitrogens with zero attached hydrogens (tertiary/aromatic N) is 1. The van der Waals surface area contributed by atoms with Crippen LogP contribution in [0.15, 0.2) is 35.7 Å². The van der Waals surface area contributed by atoms with Crippen LogP contribution in [0.1, 0.15) is 38.4 Å². The molecule has 2 aromatic rings. The lowest BCUT2D eigenvalue weighted by Gasteiger charge is -2.32. The predicted molar refractivity (Wildman–Crippen MR) is 94.3 cm³/mol. The van der Waals surface area contributed by atoms with E-state index < -0.39 is 0 Å². The zero-order chi connectivity index (χ0) is 17.6. The van der Waals surface area contributed by atoms with Crippen molar-refractivity contribution in [1.82, 2.24) is 10.2 Å². The molecule has 3 atom stereocenters. The van der Waals surface area contributed by atoms with Crippen molar-refractivity contribution < 1.29 is 14.0 Å². The van der Waals surface area contributed by atoms with Gasteiger partial charge in [-0.1, -0.05) is 12.1 Å². The van der Waals surface area contributed by atoms with Crippen LogP contribution in [0.4, 0.5) is 4.39 Å². The summed E-state index contributed by atoms with van der Waals surface area (Å²) in [6.45, 7) is 2.30. The van der Waals surface area contributed by atoms with E-state index in [0.29, 0.717) is 22.5 Å². The van der Waals surface area contributed by atoms with Crippen molar-refractivity contribution in [3.8, 4) is 0 Å². The van der Waals surface area contributed by atoms with E-state index in [1.807, 2.05) is 22.4 Å². The fourth-order valence-electron chi connectivity index (χ4n) is 3.92. The van der Waals surface area contributed by atoms with E-state index in [0.717, 1.165) is 12.8 Å². The largest absolute Gasteiger partial charge is 0.348 e. The number of halogens is 1. The fourth-order valence-corrected chi connectivity index (χ4v) is 4.54. The van der Waals surface area contributed by atoms with Gasteiger partial charge in [0.1, 0.15) is 5.82 Å². The van der Waals surface area contributed by atoms with Gasteiger partial charge in [0, 0.05) is 24.2 Å². The van der Waals surface area contributed by atoms with Gasteiger partial charge < -0.3 is 10.2 Å². The Morgan fingerprint density at radius 3 is 2.76 bits per heavy atom. The number of carbonyl (C=O) groups is 2. The Balaban J connectivity index is 1.41.